The molecule has 30 heavy (non-hydrogen) atoms. The summed E-state index contributed by atoms with van der Waals surface area (Å²) in [5.74, 6) is 1.02. The minimum atomic E-state index is 0.159. The molecule has 2 N–H and O–H groups in total. The van der Waals surface area contributed by atoms with Crippen LogP contribution in [0.4, 0.5) is 5.69 Å². The first-order chi connectivity index (χ1) is 14.7. The Balaban J connectivity index is 1.39. The van der Waals surface area contributed by atoms with Crippen LogP contribution in [0.3, 0.4) is 0 Å². The van der Waals surface area contributed by atoms with E-state index < -0.39 is 0 Å². The van der Waals surface area contributed by atoms with E-state index >= 15 is 0 Å². The summed E-state index contributed by atoms with van der Waals surface area (Å²) in [5.41, 5.74) is 4.37. The standard InChI is InChI=1S/C23H29ClN6/c1-2-29-12-14-30(15-13-29)20-10-4-8-18-22(20)28-23(27-18)19-9-3-7-17(26-19)21-16(24)6-5-11-25-21/h4-6,8,10-11,17,19,26H,2-3,7,9,12-15H2,1H3,(H,27,28). The van der Waals surface area contributed by atoms with Crippen molar-refractivity contribution in [1.82, 2.24) is 25.2 Å². The Labute approximate surface area is 182 Å². The Morgan fingerprint density at radius 1 is 1.07 bits per heavy atom. The first-order valence-corrected chi connectivity index (χ1v) is 11.4. The van der Waals surface area contributed by atoms with Gasteiger partial charge in [-0.05, 0) is 50.1 Å². The number of hydrogen-bond donors (Lipinski definition) is 2. The molecule has 158 valence electrons. The van der Waals surface area contributed by atoms with Crippen LogP contribution in [-0.2, 0) is 0 Å². The van der Waals surface area contributed by atoms with E-state index in [1.165, 1.54) is 5.69 Å². The number of anilines is 1. The molecule has 2 atom stereocenters. The van der Waals surface area contributed by atoms with Crippen LogP contribution < -0.4 is 10.2 Å². The number of nitrogens with zero attached hydrogens (tertiary/aromatic N) is 4. The molecule has 5 rings (SSSR count). The molecular weight excluding hydrogens is 396 g/mol. The number of para-hydroxylation sites is 1. The summed E-state index contributed by atoms with van der Waals surface area (Å²) in [5, 5.41) is 4.47. The quantitative estimate of drug-likeness (QED) is 0.653. The van der Waals surface area contributed by atoms with E-state index in [1.807, 2.05) is 18.3 Å². The zero-order valence-corrected chi connectivity index (χ0v) is 18.2. The fraction of sp³-hybridized carbons (Fsp3) is 0.478. The highest BCUT2D eigenvalue weighted by Gasteiger charge is 2.28. The zero-order chi connectivity index (χ0) is 20.5. The molecule has 0 aliphatic carbocycles. The predicted molar refractivity (Wildman–Crippen MR) is 122 cm³/mol. The topological polar surface area (TPSA) is 60.1 Å². The summed E-state index contributed by atoms with van der Waals surface area (Å²) in [7, 11) is 0. The van der Waals surface area contributed by atoms with Gasteiger partial charge in [0.1, 0.15) is 11.3 Å². The number of aromatic nitrogens is 3. The second-order valence-corrected chi connectivity index (χ2v) is 8.70. The highest BCUT2D eigenvalue weighted by Crippen LogP contribution is 2.35. The number of fused-ring (bicyclic) bond motifs is 1. The van der Waals surface area contributed by atoms with Gasteiger partial charge in [-0.3, -0.25) is 10.3 Å². The van der Waals surface area contributed by atoms with Crippen molar-refractivity contribution in [2.24, 2.45) is 0 Å². The van der Waals surface area contributed by atoms with Gasteiger partial charge >= 0.3 is 0 Å². The third-order valence-electron chi connectivity index (χ3n) is 6.50. The van der Waals surface area contributed by atoms with Crippen LogP contribution in [0, 0.1) is 0 Å². The lowest BCUT2D eigenvalue weighted by Crippen LogP contribution is -2.46. The van der Waals surface area contributed by atoms with Gasteiger partial charge < -0.3 is 14.8 Å². The van der Waals surface area contributed by atoms with E-state index in [2.05, 4.69) is 50.2 Å². The monoisotopic (exact) mass is 424 g/mol. The normalized spacial score (nSPS) is 23.2. The number of benzene rings is 1. The second-order valence-electron chi connectivity index (χ2n) is 8.29. The average Bonchev–Trinajstić information content (AvgIpc) is 3.24. The number of pyridine rings is 1. The largest absolute Gasteiger partial charge is 0.367 e. The molecule has 0 spiro atoms. The van der Waals surface area contributed by atoms with Crippen molar-refractivity contribution in [3.8, 4) is 0 Å². The summed E-state index contributed by atoms with van der Waals surface area (Å²) >= 11 is 6.41. The molecule has 2 aliphatic heterocycles. The predicted octanol–water partition coefficient (Wildman–Crippen LogP) is 4.31. The average molecular weight is 425 g/mol. The fourth-order valence-electron chi connectivity index (χ4n) is 4.78. The van der Waals surface area contributed by atoms with Crippen LogP contribution in [0.5, 0.6) is 0 Å². The first kappa shape index (κ1) is 19.8. The van der Waals surface area contributed by atoms with Crippen molar-refractivity contribution < 1.29 is 0 Å². The lowest BCUT2D eigenvalue weighted by atomic mass is 9.96. The van der Waals surface area contributed by atoms with Crippen LogP contribution in [0.15, 0.2) is 36.5 Å². The van der Waals surface area contributed by atoms with Crippen molar-refractivity contribution >= 4 is 28.3 Å². The van der Waals surface area contributed by atoms with E-state index in [-0.39, 0.29) is 12.1 Å². The molecule has 6 nitrogen and oxygen atoms in total. The number of nitrogens with one attached hydrogen (secondary N) is 2. The van der Waals surface area contributed by atoms with E-state index in [1.54, 1.807) is 0 Å². The van der Waals surface area contributed by atoms with Crippen LogP contribution >= 0.6 is 11.6 Å². The third kappa shape index (κ3) is 3.80. The van der Waals surface area contributed by atoms with Gasteiger partial charge in [-0.2, -0.15) is 0 Å². The van der Waals surface area contributed by atoms with Gasteiger partial charge in [0.05, 0.1) is 34.0 Å². The number of halogens is 1. The smallest absolute Gasteiger partial charge is 0.124 e. The molecule has 7 heteroatoms. The molecule has 2 saturated heterocycles. The Morgan fingerprint density at radius 3 is 2.70 bits per heavy atom. The number of imidazole rings is 1. The summed E-state index contributed by atoms with van der Waals surface area (Å²) in [4.78, 5) is 18.2. The fourth-order valence-corrected chi connectivity index (χ4v) is 5.04. The molecule has 1 aromatic carbocycles. The maximum Gasteiger partial charge on any atom is 0.124 e. The van der Waals surface area contributed by atoms with Crippen LogP contribution in [0.25, 0.3) is 11.0 Å². The Bertz CT molecular complexity index is 1010. The van der Waals surface area contributed by atoms with Crippen molar-refractivity contribution in [2.75, 3.05) is 37.6 Å². The Hall–Kier alpha value is -2.15. The maximum atomic E-state index is 6.41. The molecule has 4 heterocycles. The third-order valence-corrected chi connectivity index (χ3v) is 6.82. The Kier molecular flexibility index (Phi) is 5.63. The lowest BCUT2D eigenvalue weighted by molar-refractivity contribution is 0.271. The van der Waals surface area contributed by atoms with Gasteiger partial charge in [-0.1, -0.05) is 24.6 Å². The number of rotatable bonds is 4. The Morgan fingerprint density at radius 2 is 1.90 bits per heavy atom. The number of piperazine rings is 1. The minimum Gasteiger partial charge on any atom is -0.367 e. The van der Waals surface area contributed by atoms with Gasteiger partial charge in [0.15, 0.2) is 0 Å². The molecule has 0 radical (unpaired) electrons. The molecule has 0 amide bonds. The second kappa shape index (κ2) is 8.53. The van der Waals surface area contributed by atoms with Crippen LogP contribution in [-0.4, -0.2) is 52.6 Å². The molecule has 0 bridgehead atoms. The molecular formula is C23H29ClN6. The van der Waals surface area contributed by atoms with Crippen LogP contribution in [0.1, 0.15) is 49.8 Å². The minimum absolute atomic E-state index is 0.159. The van der Waals surface area contributed by atoms with Crippen molar-refractivity contribution in [1.29, 1.82) is 0 Å². The van der Waals surface area contributed by atoms with E-state index in [4.69, 9.17) is 16.6 Å². The SMILES string of the molecule is CCN1CCN(c2cccc3[nH]c(C4CCCC(c5ncccc5Cl)N4)nc23)CC1. The van der Waals surface area contributed by atoms with Gasteiger partial charge in [0.2, 0.25) is 0 Å². The summed E-state index contributed by atoms with van der Waals surface area (Å²) in [6.07, 6.45) is 5.04. The maximum absolute atomic E-state index is 6.41. The first-order valence-electron chi connectivity index (χ1n) is 11.1. The summed E-state index contributed by atoms with van der Waals surface area (Å²) in [6, 6.07) is 10.6. The van der Waals surface area contributed by atoms with Crippen molar-refractivity contribution in [3.63, 3.8) is 0 Å². The van der Waals surface area contributed by atoms with E-state index in [0.717, 1.165) is 79.6 Å². The van der Waals surface area contributed by atoms with E-state index in [0.29, 0.717) is 0 Å². The highest BCUT2D eigenvalue weighted by molar-refractivity contribution is 6.31. The number of aromatic amines is 1. The molecule has 2 aromatic heterocycles. The number of likely N-dealkylation sites (N-methyl/N-ethyl adjacent to an activating group) is 1. The molecule has 2 aliphatic rings. The lowest BCUT2D eigenvalue weighted by Gasteiger charge is -2.35. The molecule has 3 aromatic rings. The van der Waals surface area contributed by atoms with Crippen LogP contribution in [0.2, 0.25) is 5.02 Å². The van der Waals surface area contributed by atoms with Gasteiger partial charge in [0, 0.05) is 32.4 Å². The van der Waals surface area contributed by atoms with Crippen molar-refractivity contribution in [2.45, 2.75) is 38.3 Å². The highest BCUT2D eigenvalue weighted by atomic mass is 35.5. The zero-order valence-electron chi connectivity index (χ0n) is 17.4. The molecule has 2 fully saturated rings. The van der Waals surface area contributed by atoms with Crippen molar-refractivity contribution in [3.05, 3.63) is 53.1 Å². The number of hydrogen-bond acceptors (Lipinski definition) is 5. The van der Waals surface area contributed by atoms with Gasteiger partial charge in [0.25, 0.3) is 0 Å². The molecule has 2 unspecified atom stereocenters. The molecule has 0 saturated carbocycles. The summed E-state index contributed by atoms with van der Waals surface area (Å²) < 4.78 is 0. The summed E-state index contributed by atoms with van der Waals surface area (Å²) in [6.45, 7) is 7.69. The number of piperidine rings is 1. The van der Waals surface area contributed by atoms with Gasteiger partial charge in [-0.15, -0.1) is 0 Å². The van der Waals surface area contributed by atoms with E-state index in [9.17, 15) is 0 Å². The number of H-pyrrole nitrogens is 1. The van der Waals surface area contributed by atoms with Gasteiger partial charge in [-0.25, -0.2) is 4.98 Å².